The van der Waals surface area contributed by atoms with Crippen LogP contribution >= 0.6 is 0 Å². The van der Waals surface area contributed by atoms with Gasteiger partial charge in [0, 0.05) is 18.9 Å². The maximum Gasteiger partial charge on any atom is 0.303 e. The number of carbonyl (C=O) groups is 2. The molecular weight excluding hydrogens is 354 g/mol. The Morgan fingerprint density at radius 1 is 1.19 bits per heavy atom. The zero-order valence-electron chi connectivity index (χ0n) is 14.0. The predicted octanol–water partition coefficient (Wildman–Crippen LogP) is 3.60. The number of oxazole rings is 1. The van der Waals surface area contributed by atoms with Crippen molar-refractivity contribution < 1.29 is 24.0 Å². The number of nitro benzene ring substituents is 1. The van der Waals surface area contributed by atoms with E-state index in [4.69, 9.17) is 9.52 Å². The Balaban J connectivity index is 1.85. The number of carboxylic acids is 1. The molecule has 0 aliphatic rings. The van der Waals surface area contributed by atoms with Gasteiger partial charge in [-0.05, 0) is 24.6 Å². The Morgan fingerprint density at radius 2 is 1.96 bits per heavy atom. The average molecular weight is 369 g/mol. The molecule has 2 aromatic carbocycles. The van der Waals surface area contributed by atoms with Crippen LogP contribution in [0.15, 0.2) is 46.9 Å². The first-order valence-corrected chi connectivity index (χ1v) is 8.10. The highest BCUT2D eigenvalue weighted by atomic mass is 16.6. The second-order valence-electron chi connectivity index (χ2n) is 5.77. The van der Waals surface area contributed by atoms with E-state index in [9.17, 15) is 19.7 Å². The third-order valence-corrected chi connectivity index (χ3v) is 3.81. The SMILES string of the molecule is O=C(O)CCCC(=O)Nc1ccccc1-c1nc2ccc([N+](=O)[O-])cc2o1. The topological polar surface area (TPSA) is 136 Å². The van der Waals surface area contributed by atoms with Crippen LogP contribution in [0.3, 0.4) is 0 Å². The summed E-state index contributed by atoms with van der Waals surface area (Å²) < 4.78 is 5.64. The molecule has 138 valence electrons. The zero-order chi connectivity index (χ0) is 19.4. The molecular formula is C18H15N3O6. The summed E-state index contributed by atoms with van der Waals surface area (Å²) in [7, 11) is 0. The fourth-order valence-electron chi connectivity index (χ4n) is 2.53. The van der Waals surface area contributed by atoms with Crippen LogP contribution in [0.2, 0.25) is 0 Å². The third-order valence-electron chi connectivity index (χ3n) is 3.81. The van der Waals surface area contributed by atoms with Crippen LogP contribution < -0.4 is 5.32 Å². The van der Waals surface area contributed by atoms with Crippen LogP contribution in [-0.4, -0.2) is 26.9 Å². The fourth-order valence-corrected chi connectivity index (χ4v) is 2.53. The number of amides is 1. The normalized spacial score (nSPS) is 10.7. The number of anilines is 1. The molecule has 3 aromatic rings. The summed E-state index contributed by atoms with van der Waals surface area (Å²) in [5.41, 5.74) is 1.59. The summed E-state index contributed by atoms with van der Waals surface area (Å²) in [5, 5.41) is 22.2. The molecule has 1 heterocycles. The molecule has 1 aromatic heterocycles. The Morgan fingerprint density at radius 3 is 2.70 bits per heavy atom. The van der Waals surface area contributed by atoms with Gasteiger partial charge in [-0.1, -0.05) is 12.1 Å². The number of hydrogen-bond acceptors (Lipinski definition) is 6. The van der Waals surface area contributed by atoms with Crippen molar-refractivity contribution in [2.45, 2.75) is 19.3 Å². The molecule has 0 saturated heterocycles. The molecule has 0 radical (unpaired) electrons. The molecule has 0 unspecified atom stereocenters. The number of aromatic nitrogens is 1. The molecule has 9 nitrogen and oxygen atoms in total. The molecule has 0 fully saturated rings. The van der Waals surface area contributed by atoms with Crippen molar-refractivity contribution in [1.82, 2.24) is 4.98 Å². The summed E-state index contributed by atoms with van der Waals surface area (Å²) in [6, 6.07) is 11.0. The molecule has 9 heteroatoms. The number of nitrogens with one attached hydrogen (secondary N) is 1. The summed E-state index contributed by atoms with van der Waals surface area (Å²) in [5.74, 6) is -1.06. The highest BCUT2D eigenvalue weighted by Crippen LogP contribution is 2.31. The van der Waals surface area contributed by atoms with Gasteiger partial charge in [0.05, 0.1) is 22.2 Å². The van der Waals surface area contributed by atoms with Crippen LogP contribution in [0.25, 0.3) is 22.6 Å². The smallest absolute Gasteiger partial charge is 0.303 e. The van der Waals surface area contributed by atoms with E-state index in [0.717, 1.165) is 0 Å². The van der Waals surface area contributed by atoms with Crippen LogP contribution in [0.1, 0.15) is 19.3 Å². The van der Waals surface area contributed by atoms with Gasteiger partial charge in [0.25, 0.3) is 5.69 Å². The van der Waals surface area contributed by atoms with E-state index in [1.54, 1.807) is 24.3 Å². The van der Waals surface area contributed by atoms with Crippen molar-refractivity contribution in [3.8, 4) is 11.5 Å². The van der Waals surface area contributed by atoms with Crippen LogP contribution in [-0.2, 0) is 9.59 Å². The lowest BCUT2D eigenvalue weighted by molar-refractivity contribution is -0.384. The number of carboxylic acid groups (broad SMARTS) is 1. The van der Waals surface area contributed by atoms with Gasteiger partial charge in [-0.15, -0.1) is 0 Å². The van der Waals surface area contributed by atoms with Gasteiger partial charge in [-0.2, -0.15) is 0 Å². The van der Waals surface area contributed by atoms with Crippen LogP contribution in [0.5, 0.6) is 0 Å². The number of nitro groups is 1. The van der Waals surface area contributed by atoms with E-state index in [1.165, 1.54) is 18.2 Å². The first-order chi connectivity index (χ1) is 12.9. The van der Waals surface area contributed by atoms with E-state index in [2.05, 4.69) is 10.3 Å². The molecule has 1 amide bonds. The number of fused-ring (bicyclic) bond motifs is 1. The minimum Gasteiger partial charge on any atom is -0.481 e. The van der Waals surface area contributed by atoms with Crippen molar-refractivity contribution in [3.05, 3.63) is 52.6 Å². The van der Waals surface area contributed by atoms with Crippen LogP contribution in [0, 0.1) is 10.1 Å². The Bertz CT molecular complexity index is 1030. The van der Waals surface area contributed by atoms with Gasteiger partial charge in [0.2, 0.25) is 11.8 Å². The third kappa shape index (κ3) is 4.27. The van der Waals surface area contributed by atoms with Gasteiger partial charge in [-0.25, -0.2) is 4.98 Å². The van der Waals surface area contributed by atoms with Crippen molar-refractivity contribution in [2.24, 2.45) is 0 Å². The second kappa shape index (κ2) is 7.65. The van der Waals surface area contributed by atoms with Gasteiger partial charge < -0.3 is 14.8 Å². The molecule has 0 atom stereocenters. The average Bonchev–Trinajstić information content (AvgIpc) is 3.04. The lowest BCUT2D eigenvalue weighted by Gasteiger charge is -2.08. The summed E-state index contributed by atoms with van der Waals surface area (Å²) >= 11 is 0. The number of nitrogens with zero attached hydrogens (tertiary/aromatic N) is 2. The lowest BCUT2D eigenvalue weighted by atomic mass is 10.1. The highest BCUT2D eigenvalue weighted by molar-refractivity contribution is 5.95. The van der Waals surface area contributed by atoms with Crippen molar-refractivity contribution >= 4 is 34.4 Å². The molecule has 2 N–H and O–H groups in total. The second-order valence-corrected chi connectivity index (χ2v) is 5.77. The van der Waals surface area contributed by atoms with Gasteiger partial charge in [-0.3, -0.25) is 19.7 Å². The number of para-hydroxylation sites is 1. The maximum atomic E-state index is 12.0. The zero-order valence-corrected chi connectivity index (χ0v) is 14.0. The predicted molar refractivity (Wildman–Crippen MR) is 96.2 cm³/mol. The summed E-state index contributed by atoms with van der Waals surface area (Å²) in [6.07, 6.45) is 0.218. The number of benzene rings is 2. The number of rotatable bonds is 7. The van der Waals surface area contributed by atoms with Gasteiger partial charge >= 0.3 is 5.97 Å². The van der Waals surface area contributed by atoms with E-state index in [0.29, 0.717) is 16.8 Å². The maximum absolute atomic E-state index is 12.0. The number of aliphatic carboxylic acids is 1. The minimum absolute atomic E-state index is 0.0698. The Hall–Kier alpha value is -3.75. The number of hydrogen-bond donors (Lipinski definition) is 2. The molecule has 0 spiro atoms. The van der Waals surface area contributed by atoms with E-state index < -0.39 is 10.9 Å². The summed E-state index contributed by atoms with van der Waals surface area (Å²) in [6.45, 7) is 0. The van der Waals surface area contributed by atoms with Crippen LogP contribution in [0.4, 0.5) is 11.4 Å². The van der Waals surface area contributed by atoms with E-state index >= 15 is 0 Å². The molecule has 0 aliphatic heterocycles. The van der Waals surface area contributed by atoms with E-state index in [-0.39, 0.29) is 42.3 Å². The molecule has 3 rings (SSSR count). The number of carbonyl (C=O) groups excluding carboxylic acids is 1. The van der Waals surface area contributed by atoms with Crippen molar-refractivity contribution in [2.75, 3.05) is 5.32 Å². The highest BCUT2D eigenvalue weighted by Gasteiger charge is 2.16. The van der Waals surface area contributed by atoms with Crippen molar-refractivity contribution in [3.63, 3.8) is 0 Å². The first kappa shape index (κ1) is 18.1. The van der Waals surface area contributed by atoms with E-state index in [1.807, 2.05) is 0 Å². The molecule has 27 heavy (non-hydrogen) atoms. The quantitative estimate of drug-likeness (QED) is 0.479. The fraction of sp³-hybridized carbons (Fsp3) is 0.167. The van der Waals surface area contributed by atoms with Gasteiger partial charge in [0.15, 0.2) is 5.58 Å². The van der Waals surface area contributed by atoms with Gasteiger partial charge in [0.1, 0.15) is 5.52 Å². The molecule has 0 saturated carbocycles. The lowest BCUT2D eigenvalue weighted by Crippen LogP contribution is -2.12. The standard InChI is InChI=1S/C18H15N3O6/c22-16(6-3-7-17(23)24)19-13-5-2-1-4-12(13)18-20-14-9-8-11(21(25)26)10-15(14)27-18/h1-2,4-5,8-10H,3,6-7H2,(H,19,22)(H,23,24). The molecule has 0 bridgehead atoms. The monoisotopic (exact) mass is 369 g/mol. The summed E-state index contributed by atoms with van der Waals surface area (Å²) in [4.78, 5) is 37.3. The largest absolute Gasteiger partial charge is 0.481 e. The first-order valence-electron chi connectivity index (χ1n) is 8.10. The molecule has 0 aliphatic carbocycles. The minimum atomic E-state index is -0.955. The Labute approximate surface area is 152 Å². The Kier molecular flexibility index (Phi) is 5.11. The number of non-ortho nitro benzene ring substituents is 1. The van der Waals surface area contributed by atoms with Crippen molar-refractivity contribution in [1.29, 1.82) is 0 Å².